The minimum Gasteiger partial charge on any atom is -0.410 e. The van der Waals surface area contributed by atoms with E-state index >= 15 is 0 Å². The molecule has 0 bridgehead atoms. The maximum atomic E-state index is 5.59. The van der Waals surface area contributed by atoms with Crippen LogP contribution in [0.1, 0.15) is 12.3 Å². The van der Waals surface area contributed by atoms with E-state index in [4.69, 9.17) is 8.94 Å². The van der Waals surface area contributed by atoms with Crippen molar-refractivity contribution in [3.05, 3.63) is 48.7 Å². The molecule has 4 rings (SSSR count). The van der Waals surface area contributed by atoms with Crippen molar-refractivity contribution < 1.29 is 8.94 Å². The predicted molar refractivity (Wildman–Crippen MR) is 90.7 cm³/mol. The molecule has 0 saturated heterocycles. The van der Waals surface area contributed by atoms with Gasteiger partial charge in [-0.2, -0.15) is 4.98 Å². The highest BCUT2D eigenvalue weighted by molar-refractivity contribution is 7.99. The Morgan fingerprint density at radius 1 is 1.12 bits per heavy atom. The number of hydrogen-bond donors (Lipinski definition) is 1. The summed E-state index contributed by atoms with van der Waals surface area (Å²) in [4.78, 5) is 11.4. The molecule has 0 aromatic carbocycles. The molecule has 0 radical (unpaired) electrons. The molecule has 0 spiro atoms. The smallest absolute Gasteiger partial charge is 0.276 e. The highest BCUT2D eigenvalue weighted by Crippen LogP contribution is 2.23. The number of nitrogens with one attached hydrogen (secondary N) is 1. The first-order valence-corrected chi connectivity index (χ1v) is 8.70. The molecule has 4 aromatic heterocycles. The average molecular weight is 354 g/mol. The number of aryl methyl sites for hydroxylation is 1. The van der Waals surface area contributed by atoms with Crippen LogP contribution in [0.5, 0.6) is 0 Å². The molecular formula is C16H14N6O2S. The molecule has 0 amide bonds. The van der Waals surface area contributed by atoms with Crippen LogP contribution in [-0.4, -0.2) is 36.1 Å². The van der Waals surface area contributed by atoms with Gasteiger partial charge >= 0.3 is 0 Å². The van der Waals surface area contributed by atoms with E-state index in [9.17, 15) is 0 Å². The van der Waals surface area contributed by atoms with Crippen LogP contribution in [0.3, 0.4) is 0 Å². The van der Waals surface area contributed by atoms with E-state index in [0.717, 1.165) is 23.4 Å². The highest BCUT2D eigenvalue weighted by Gasteiger charge is 2.11. The van der Waals surface area contributed by atoms with Crippen molar-refractivity contribution >= 4 is 11.8 Å². The van der Waals surface area contributed by atoms with Gasteiger partial charge in [-0.1, -0.05) is 16.9 Å². The summed E-state index contributed by atoms with van der Waals surface area (Å²) in [6, 6.07) is 7.47. The third-order valence-corrected chi connectivity index (χ3v) is 4.31. The van der Waals surface area contributed by atoms with Gasteiger partial charge in [-0.15, -0.1) is 10.2 Å². The molecule has 0 atom stereocenters. The number of pyridine rings is 1. The van der Waals surface area contributed by atoms with Crippen LogP contribution in [0.15, 0.2) is 57.0 Å². The molecule has 9 heteroatoms. The fraction of sp³-hybridized carbons (Fsp3) is 0.188. The minimum atomic E-state index is 0.492. The van der Waals surface area contributed by atoms with Gasteiger partial charge in [-0.05, 0) is 30.7 Å². The molecule has 0 aliphatic rings. The summed E-state index contributed by atoms with van der Waals surface area (Å²) >= 11 is 1.51. The maximum Gasteiger partial charge on any atom is 0.276 e. The quantitative estimate of drug-likeness (QED) is 0.398. The van der Waals surface area contributed by atoms with Crippen molar-refractivity contribution in [2.75, 3.05) is 5.75 Å². The molecule has 0 fully saturated rings. The second-order valence-corrected chi connectivity index (χ2v) is 6.20. The normalized spacial score (nSPS) is 11.0. The molecule has 0 aliphatic carbocycles. The Labute approximate surface area is 147 Å². The van der Waals surface area contributed by atoms with E-state index < -0.39 is 0 Å². The Hall–Kier alpha value is -2.94. The summed E-state index contributed by atoms with van der Waals surface area (Å²) in [5, 5.41) is 12.6. The third kappa shape index (κ3) is 3.77. The first-order chi connectivity index (χ1) is 12.4. The second-order valence-electron chi connectivity index (χ2n) is 5.16. The van der Waals surface area contributed by atoms with Gasteiger partial charge in [0.2, 0.25) is 11.7 Å². The lowest BCUT2D eigenvalue weighted by Crippen LogP contribution is -1.89. The fourth-order valence-electron chi connectivity index (χ4n) is 2.20. The average Bonchev–Trinajstić information content (AvgIpc) is 3.40. The van der Waals surface area contributed by atoms with Gasteiger partial charge in [0.15, 0.2) is 0 Å². The summed E-state index contributed by atoms with van der Waals surface area (Å²) in [7, 11) is 0. The van der Waals surface area contributed by atoms with Crippen LogP contribution in [0.25, 0.3) is 23.0 Å². The third-order valence-electron chi connectivity index (χ3n) is 3.40. The highest BCUT2D eigenvalue weighted by atomic mass is 32.2. The Morgan fingerprint density at radius 2 is 2.04 bits per heavy atom. The van der Waals surface area contributed by atoms with E-state index in [1.54, 1.807) is 12.4 Å². The fourth-order valence-corrected chi connectivity index (χ4v) is 2.90. The van der Waals surface area contributed by atoms with Gasteiger partial charge in [0.25, 0.3) is 11.1 Å². The van der Waals surface area contributed by atoms with Crippen LogP contribution in [0.4, 0.5) is 0 Å². The zero-order chi connectivity index (χ0) is 16.9. The van der Waals surface area contributed by atoms with Crippen LogP contribution < -0.4 is 0 Å². The van der Waals surface area contributed by atoms with Gasteiger partial charge in [0, 0.05) is 36.3 Å². The molecule has 4 heterocycles. The van der Waals surface area contributed by atoms with Crippen molar-refractivity contribution in [1.29, 1.82) is 0 Å². The van der Waals surface area contributed by atoms with E-state index in [2.05, 4.69) is 30.3 Å². The number of rotatable bonds is 7. The summed E-state index contributed by atoms with van der Waals surface area (Å²) < 4.78 is 10.9. The Bertz CT molecular complexity index is 919. The summed E-state index contributed by atoms with van der Waals surface area (Å²) in [6.07, 6.45) is 6.78. The number of aromatic amines is 1. The van der Waals surface area contributed by atoms with Crippen LogP contribution in [0, 0.1) is 0 Å². The predicted octanol–water partition coefficient (Wildman–Crippen LogP) is 3.23. The van der Waals surface area contributed by atoms with Gasteiger partial charge in [-0.25, -0.2) is 0 Å². The Kier molecular flexibility index (Phi) is 4.55. The lowest BCUT2D eigenvalue weighted by Gasteiger charge is -1.94. The minimum absolute atomic E-state index is 0.492. The van der Waals surface area contributed by atoms with Gasteiger partial charge in [-0.3, -0.25) is 4.98 Å². The monoisotopic (exact) mass is 354 g/mol. The van der Waals surface area contributed by atoms with Crippen molar-refractivity contribution in [2.45, 2.75) is 18.1 Å². The van der Waals surface area contributed by atoms with Gasteiger partial charge in [0.05, 0.1) is 0 Å². The molecule has 0 aliphatic heterocycles. The summed E-state index contributed by atoms with van der Waals surface area (Å²) in [5.41, 5.74) is 1.70. The molecule has 126 valence electrons. The van der Waals surface area contributed by atoms with Crippen molar-refractivity contribution in [3.8, 4) is 23.0 Å². The zero-order valence-corrected chi connectivity index (χ0v) is 13.9. The number of thioether (sulfide) groups is 1. The first kappa shape index (κ1) is 15.6. The molecule has 1 N–H and O–H groups in total. The van der Waals surface area contributed by atoms with E-state index in [1.807, 2.05) is 30.5 Å². The first-order valence-electron chi connectivity index (χ1n) is 7.71. The molecule has 25 heavy (non-hydrogen) atoms. The van der Waals surface area contributed by atoms with Crippen LogP contribution >= 0.6 is 11.8 Å². The number of H-pyrrole nitrogens is 1. The number of hydrogen-bond acceptors (Lipinski definition) is 8. The number of nitrogens with zero attached hydrogens (tertiary/aromatic N) is 5. The van der Waals surface area contributed by atoms with Crippen LogP contribution in [-0.2, 0) is 6.42 Å². The standard InChI is InChI=1S/C16H14N6O2S/c1-3-12(18-7-1)15-20-21-16(23-15)25-10-2-4-13-19-14(22-24-13)11-5-8-17-9-6-11/h1,3,5-9,18H,2,4,10H2. The lowest BCUT2D eigenvalue weighted by atomic mass is 10.2. The maximum absolute atomic E-state index is 5.59. The van der Waals surface area contributed by atoms with Gasteiger partial charge < -0.3 is 13.9 Å². The van der Waals surface area contributed by atoms with E-state index in [1.165, 1.54) is 11.8 Å². The summed E-state index contributed by atoms with van der Waals surface area (Å²) in [5.74, 6) is 2.51. The van der Waals surface area contributed by atoms with Crippen molar-refractivity contribution in [1.82, 2.24) is 30.3 Å². The van der Waals surface area contributed by atoms with Gasteiger partial charge in [0.1, 0.15) is 5.69 Å². The van der Waals surface area contributed by atoms with Crippen molar-refractivity contribution in [3.63, 3.8) is 0 Å². The molecular weight excluding hydrogens is 340 g/mol. The van der Waals surface area contributed by atoms with E-state index in [0.29, 0.717) is 29.2 Å². The lowest BCUT2D eigenvalue weighted by molar-refractivity contribution is 0.378. The van der Waals surface area contributed by atoms with Crippen LogP contribution in [0.2, 0.25) is 0 Å². The largest absolute Gasteiger partial charge is 0.410 e. The Morgan fingerprint density at radius 3 is 2.88 bits per heavy atom. The molecule has 0 saturated carbocycles. The molecule has 8 nitrogen and oxygen atoms in total. The molecule has 0 unspecified atom stereocenters. The zero-order valence-electron chi connectivity index (χ0n) is 13.1. The SMILES string of the molecule is c1c[nH]c(-c2nnc(SCCCc3nc(-c4ccncc4)no3)o2)c1. The van der Waals surface area contributed by atoms with Crippen molar-refractivity contribution in [2.24, 2.45) is 0 Å². The summed E-state index contributed by atoms with van der Waals surface area (Å²) in [6.45, 7) is 0. The topological polar surface area (TPSA) is 107 Å². The van der Waals surface area contributed by atoms with E-state index in [-0.39, 0.29) is 0 Å². The second kappa shape index (κ2) is 7.31. The molecule has 4 aromatic rings. The Balaban J connectivity index is 1.27. The number of aromatic nitrogens is 6.